The maximum atomic E-state index is 12.7. The monoisotopic (exact) mass is 825 g/mol. The van der Waals surface area contributed by atoms with Crippen molar-refractivity contribution in [2.75, 3.05) is 13.2 Å². The van der Waals surface area contributed by atoms with E-state index in [0.29, 0.717) is 19.3 Å². The lowest BCUT2D eigenvalue weighted by atomic mass is 10.1. The first-order chi connectivity index (χ1) is 29.0. The summed E-state index contributed by atoms with van der Waals surface area (Å²) in [7, 11) is 0. The number of carbonyl (C=O) groups is 3. The van der Waals surface area contributed by atoms with Gasteiger partial charge in [-0.1, -0.05) is 204 Å². The van der Waals surface area contributed by atoms with Crippen LogP contribution in [0, 0.1) is 0 Å². The van der Waals surface area contributed by atoms with Crippen molar-refractivity contribution in [2.24, 2.45) is 0 Å². The predicted octanol–water partition coefficient (Wildman–Crippen LogP) is 16.1. The molecule has 0 bridgehead atoms. The van der Waals surface area contributed by atoms with Gasteiger partial charge in [0.1, 0.15) is 13.2 Å². The Balaban J connectivity index is 4.40. The fraction of sp³-hybridized carbons (Fsp3) is 0.755. The molecule has 1 unspecified atom stereocenters. The van der Waals surface area contributed by atoms with Gasteiger partial charge in [0.05, 0.1) is 0 Å². The van der Waals surface area contributed by atoms with E-state index in [1.54, 1.807) is 0 Å². The van der Waals surface area contributed by atoms with E-state index in [-0.39, 0.29) is 37.5 Å². The maximum absolute atomic E-state index is 12.7. The molecule has 0 aromatic heterocycles. The first-order valence-electron chi connectivity index (χ1n) is 24.8. The standard InChI is InChI=1S/C53H92O6/c1-4-7-10-13-16-19-22-24-25-26-27-28-29-32-34-37-40-43-46-52(55)58-49-50(48-57-51(54)45-42-39-36-33-30-21-18-15-12-9-6-3)59-53(56)47-44-41-38-35-31-23-20-17-14-11-8-5-2/h8,11,17,20,25-28,31,35,50H,4-7,9-10,12-16,18-19,21-24,29-30,32-34,36-49H2,1-3H3/b11-8-,20-17-,26-25-,28-27-,35-31-. The van der Waals surface area contributed by atoms with Gasteiger partial charge in [0.2, 0.25) is 0 Å². The second-order valence-corrected chi connectivity index (χ2v) is 16.4. The molecule has 0 saturated heterocycles. The van der Waals surface area contributed by atoms with E-state index in [2.05, 4.69) is 81.5 Å². The summed E-state index contributed by atoms with van der Waals surface area (Å²) < 4.78 is 16.7. The molecule has 6 heteroatoms. The minimum Gasteiger partial charge on any atom is -0.462 e. The largest absolute Gasteiger partial charge is 0.462 e. The third-order valence-corrected chi connectivity index (χ3v) is 10.5. The van der Waals surface area contributed by atoms with Crippen LogP contribution in [0.2, 0.25) is 0 Å². The molecule has 0 aromatic rings. The van der Waals surface area contributed by atoms with Gasteiger partial charge in [-0.25, -0.2) is 0 Å². The van der Waals surface area contributed by atoms with Crippen molar-refractivity contribution in [2.45, 2.75) is 245 Å². The number of allylic oxidation sites excluding steroid dienone is 10. The molecule has 0 saturated carbocycles. The Bertz CT molecular complexity index is 1090. The van der Waals surface area contributed by atoms with Crippen LogP contribution in [-0.4, -0.2) is 37.2 Å². The van der Waals surface area contributed by atoms with Crippen molar-refractivity contribution in [3.8, 4) is 0 Å². The average Bonchev–Trinajstić information content (AvgIpc) is 3.23. The number of rotatable bonds is 44. The number of hydrogen-bond donors (Lipinski definition) is 0. The molecule has 0 aromatic carbocycles. The Morgan fingerprint density at radius 3 is 1.17 bits per heavy atom. The summed E-state index contributed by atoms with van der Waals surface area (Å²) in [6.07, 6.45) is 57.8. The molecule has 0 aliphatic rings. The fourth-order valence-electron chi connectivity index (χ4n) is 6.80. The number of hydrogen-bond acceptors (Lipinski definition) is 6. The Labute approximate surface area is 364 Å². The topological polar surface area (TPSA) is 78.9 Å². The predicted molar refractivity (Wildman–Crippen MR) is 251 cm³/mol. The van der Waals surface area contributed by atoms with Crippen LogP contribution in [0.1, 0.15) is 239 Å². The molecule has 0 fully saturated rings. The molecule has 6 nitrogen and oxygen atoms in total. The third kappa shape index (κ3) is 46.0. The van der Waals surface area contributed by atoms with Crippen LogP contribution in [-0.2, 0) is 28.6 Å². The van der Waals surface area contributed by atoms with E-state index in [4.69, 9.17) is 14.2 Å². The van der Waals surface area contributed by atoms with E-state index < -0.39 is 6.10 Å². The van der Waals surface area contributed by atoms with Crippen LogP contribution >= 0.6 is 0 Å². The minimum absolute atomic E-state index is 0.0934. The van der Waals surface area contributed by atoms with Gasteiger partial charge in [-0.05, 0) is 77.0 Å². The highest BCUT2D eigenvalue weighted by molar-refractivity contribution is 5.71. The molecule has 0 heterocycles. The molecule has 0 rings (SSSR count). The smallest absolute Gasteiger partial charge is 0.306 e. The Hall–Kier alpha value is -2.89. The van der Waals surface area contributed by atoms with E-state index in [9.17, 15) is 14.4 Å². The first kappa shape index (κ1) is 56.1. The summed E-state index contributed by atoms with van der Waals surface area (Å²) in [5.41, 5.74) is 0. The molecule has 0 spiro atoms. The molecule has 59 heavy (non-hydrogen) atoms. The van der Waals surface area contributed by atoms with Crippen LogP contribution in [0.5, 0.6) is 0 Å². The summed E-state index contributed by atoms with van der Waals surface area (Å²) in [6.45, 7) is 6.46. The zero-order chi connectivity index (χ0) is 43.0. The van der Waals surface area contributed by atoms with E-state index >= 15 is 0 Å². The van der Waals surface area contributed by atoms with Gasteiger partial charge in [0, 0.05) is 19.3 Å². The zero-order valence-electron chi connectivity index (χ0n) is 38.8. The molecule has 1 atom stereocenters. The van der Waals surface area contributed by atoms with Gasteiger partial charge >= 0.3 is 17.9 Å². The molecule has 0 N–H and O–H groups in total. The number of ether oxygens (including phenoxy) is 3. The second-order valence-electron chi connectivity index (χ2n) is 16.4. The highest BCUT2D eigenvalue weighted by Gasteiger charge is 2.19. The summed E-state index contributed by atoms with van der Waals surface area (Å²) in [6, 6.07) is 0. The molecular formula is C53H92O6. The maximum Gasteiger partial charge on any atom is 0.306 e. The normalized spacial score (nSPS) is 12.5. The molecule has 0 aliphatic heterocycles. The van der Waals surface area contributed by atoms with Gasteiger partial charge in [0.15, 0.2) is 6.10 Å². The molecule has 0 amide bonds. The van der Waals surface area contributed by atoms with E-state index in [1.165, 1.54) is 103 Å². The minimum atomic E-state index is -0.796. The van der Waals surface area contributed by atoms with Gasteiger partial charge in [-0.3, -0.25) is 14.4 Å². The van der Waals surface area contributed by atoms with Gasteiger partial charge < -0.3 is 14.2 Å². The first-order valence-corrected chi connectivity index (χ1v) is 24.8. The highest BCUT2D eigenvalue weighted by atomic mass is 16.6. The van der Waals surface area contributed by atoms with Crippen molar-refractivity contribution < 1.29 is 28.6 Å². The van der Waals surface area contributed by atoms with Crippen molar-refractivity contribution in [3.05, 3.63) is 60.8 Å². The molecule has 0 aliphatic carbocycles. The van der Waals surface area contributed by atoms with Gasteiger partial charge in [-0.15, -0.1) is 0 Å². The Morgan fingerprint density at radius 2 is 0.712 bits per heavy atom. The Kier molecular flexibility index (Phi) is 45.4. The number of carbonyl (C=O) groups excluding carboxylic acids is 3. The van der Waals surface area contributed by atoms with Gasteiger partial charge in [-0.2, -0.15) is 0 Å². The van der Waals surface area contributed by atoms with Crippen molar-refractivity contribution >= 4 is 17.9 Å². The lowest BCUT2D eigenvalue weighted by Gasteiger charge is -2.18. The number of unbranched alkanes of at least 4 members (excludes halogenated alkanes) is 24. The van der Waals surface area contributed by atoms with Crippen molar-refractivity contribution in [1.29, 1.82) is 0 Å². The Morgan fingerprint density at radius 1 is 0.373 bits per heavy atom. The van der Waals surface area contributed by atoms with Crippen LogP contribution < -0.4 is 0 Å². The van der Waals surface area contributed by atoms with E-state index in [0.717, 1.165) is 89.9 Å². The summed E-state index contributed by atoms with van der Waals surface area (Å²) in [4.78, 5) is 37.8. The molecular weight excluding hydrogens is 733 g/mol. The van der Waals surface area contributed by atoms with Gasteiger partial charge in [0.25, 0.3) is 0 Å². The zero-order valence-corrected chi connectivity index (χ0v) is 38.8. The summed E-state index contributed by atoms with van der Waals surface area (Å²) in [5.74, 6) is -0.949. The molecule has 340 valence electrons. The highest BCUT2D eigenvalue weighted by Crippen LogP contribution is 2.14. The van der Waals surface area contributed by atoms with Crippen LogP contribution in [0.4, 0.5) is 0 Å². The van der Waals surface area contributed by atoms with Crippen molar-refractivity contribution in [1.82, 2.24) is 0 Å². The third-order valence-electron chi connectivity index (χ3n) is 10.5. The lowest BCUT2D eigenvalue weighted by molar-refractivity contribution is -0.167. The van der Waals surface area contributed by atoms with E-state index in [1.807, 2.05) is 0 Å². The van der Waals surface area contributed by atoms with Crippen molar-refractivity contribution in [3.63, 3.8) is 0 Å². The lowest BCUT2D eigenvalue weighted by Crippen LogP contribution is -2.30. The average molecular weight is 825 g/mol. The number of esters is 3. The molecule has 0 radical (unpaired) electrons. The summed E-state index contributed by atoms with van der Waals surface area (Å²) in [5, 5.41) is 0. The quantitative estimate of drug-likeness (QED) is 0.0200. The SMILES string of the molecule is CC/C=C\C/C=C\C/C=C\CCCCC(=O)OC(COC(=O)CCCCCCC/C=C\C=C/CCCCCCCCC)COC(=O)CCCCCCCCCCCCC. The fourth-order valence-corrected chi connectivity index (χ4v) is 6.80. The van der Waals surface area contributed by atoms with Crippen LogP contribution in [0.25, 0.3) is 0 Å². The van der Waals surface area contributed by atoms with Crippen LogP contribution in [0.3, 0.4) is 0 Å². The summed E-state index contributed by atoms with van der Waals surface area (Å²) >= 11 is 0. The second kappa shape index (κ2) is 47.8. The van der Waals surface area contributed by atoms with Crippen LogP contribution in [0.15, 0.2) is 60.8 Å².